The van der Waals surface area contributed by atoms with Crippen molar-refractivity contribution in [3.05, 3.63) is 28.8 Å². The van der Waals surface area contributed by atoms with Crippen molar-refractivity contribution in [2.75, 3.05) is 7.11 Å². The average molecular weight is 221 g/mol. The summed E-state index contributed by atoms with van der Waals surface area (Å²) in [6, 6.07) is 5.37. The van der Waals surface area contributed by atoms with Gasteiger partial charge in [-0.1, -0.05) is 13.0 Å². The molecule has 0 saturated carbocycles. The van der Waals surface area contributed by atoms with Crippen molar-refractivity contribution >= 4 is 18.6 Å². The number of methoxy groups -OCH3 is 1. The van der Waals surface area contributed by atoms with Gasteiger partial charge in [0.1, 0.15) is 6.07 Å². The van der Waals surface area contributed by atoms with E-state index in [4.69, 9.17) is 5.26 Å². The molecule has 0 saturated heterocycles. The third-order valence-electron chi connectivity index (χ3n) is 2.15. The van der Waals surface area contributed by atoms with Crippen LogP contribution in [0.4, 0.5) is 0 Å². The highest BCUT2D eigenvalue weighted by molar-refractivity contribution is 7.80. The van der Waals surface area contributed by atoms with Crippen LogP contribution in [0.2, 0.25) is 0 Å². The van der Waals surface area contributed by atoms with Gasteiger partial charge in [0.15, 0.2) is 0 Å². The second-order valence-corrected chi connectivity index (χ2v) is 3.40. The summed E-state index contributed by atoms with van der Waals surface area (Å²) >= 11 is 4.26. The summed E-state index contributed by atoms with van der Waals surface area (Å²) in [6.45, 7) is 1.96. The number of nitriles is 1. The predicted molar refractivity (Wildman–Crippen MR) is 59.1 cm³/mol. The van der Waals surface area contributed by atoms with Gasteiger partial charge in [-0.25, -0.2) is 4.79 Å². The van der Waals surface area contributed by atoms with Crippen LogP contribution in [-0.4, -0.2) is 13.1 Å². The van der Waals surface area contributed by atoms with Gasteiger partial charge in [-0.3, -0.25) is 0 Å². The highest BCUT2D eigenvalue weighted by atomic mass is 32.1. The maximum Gasteiger partial charge on any atom is 0.340 e. The summed E-state index contributed by atoms with van der Waals surface area (Å²) in [5, 5.41) is 8.86. The van der Waals surface area contributed by atoms with Crippen LogP contribution in [0.1, 0.15) is 28.4 Å². The van der Waals surface area contributed by atoms with Gasteiger partial charge in [0.2, 0.25) is 0 Å². The van der Waals surface area contributed by atoms with E-state index in [2.05, 4.69) is 17.4 Å². The zero-order chi connectivity index (χ0) is 11.4. The van der Waals surface area contributed by atoms with Crippen LogP contribution < -0.4 is 0 Å². The van der Waals surface area contributed by atoms with Gasteiger partial charge >= 0.3 is 5.97 Å². The Morgan fingerprint density at radius 1 is 1.60 bits per heavy atom. The number of carbonyl (C=O) groups excluding carboxylic acids is 1. The normalized spacial score (nSPS) is 9.47. The van der Waals surface area contributed by atoms with E-state index in [1.807, 2.05) is 13.0 Å². The van der Waals surface area contributed by atoms with Gasteiger partial charge < -0.3 is 4.74 Å². The standard InChI is InChI=1S/C11H11NO2S/c1-3-7-4-5-8(6-12)9(10(7)15)11(13)14-2/h4-5,15H,3H2,1-2H3. The molecule has 3 nitrogen and oxygen atoms in total. The smallest absolute Gasteiger partial charge is 0.340 e. The second kappa shape index (κ2) is 4.85. The summed E-state index contributed by atoms with van der Waals surface area (Å²) in [5.41, 5.74) is 1.48. The molecule has 0 N–H and O–H groups in total. The van der Waals surface area contributed by atoms with Gasteiger partial charge in [0.25, 0.3) is 0 Å². The number of benzene rings is 1. The Kier molecular flexibility index (Phi) is 3.75. The minimum absolute atomic E-state index is 0.252. The first kappa shape index (κ1) is 11.6. The number of hydrogen-bond donors (Lipinski definition) is 1. The monoisotopic (exact) mass is 221 g/mol. The highest BCUT2D eigenvalue weighted by Crippen LogP contribution is 2.24. The van der Waals surface area contributed by atoms with Crippen molar-refractivity contribution in [3.8, 4) is 6.07 Å². The molecule has 1 aromatic rings. The van der Waals surface area contributed by atoms with Crippen LogP contribution in [0.5, 0.6) is 0 Å². The van der Waals surface area contributed by atoms with Crippen molar-refractivity contribution < 1.29 is 9.53 Å². The van der Waals surface area contributed by atoms with E-state index in [0.29, 0.717) is 10.5 Å². The van der Waals surface area contributed by atoms with Gasteiger partial charge in [-0.15, -0.1) is 12.6 Å². The lowest BCUT2D eigenvalue weighted by Gasteiger charge is -2.09. The summed E-state index contributed by atoms with van der Waals surface area (Å²) < 4.78 is 4.62. The van der Waals surface area contributed by atoms with E-state index >= 15 is 0 Å². The van der Waals surface area contributed by atoms with Crippen LogP contribution in [0.15, 0.2) is 17.0 Å². The zero-order valence-corrected chi connectivity index (χ0v) is 9.47. The molecule has 0 aliphatic heterocycles. The Morgan fingerprint density at radius 3 is 2.73 bits per heavy atom. The third-order valence-corrected chi connectivity index (χ3v) is 2.66. The van der Waals surface area contributed by atoms with Crippen LogP contribution in [0.3, 0.4) is 0 Å². The maximum absolute atomic E-state index is 11.5. The molecule has 0 atom stereocenters. The number of esters is 1. The second-order valence-electron chi connectivity index (χ2n) is 2.95. The van der Waals surface area contributed by atoms with E-state index < -0.39 is 5.97 Å². The fraction of sp³-hybridized carbons (Fsp3) is 0.273. The van der Waals surface area contributed by atoms with Crippen LogP contribution in [-0.2, 0) is 11.2 Å². The molecule has 0 radical (unpaired) electrons. The quantitative estimate of drug-likeness (QED) is 0.615. The topological polar surface area (TPSA) is 50.1 Å². The Bertz CT molecular complexity index is 435. The van der Waals surface area contributed by atoms with E-state index in [-0.39, 0.29) is 5.56 Å². The van der Waals surface area contributed by atoms with Crippen molar-refractivity contribution in [1.82, 2.24) is 0 Å². The molecular weight excluding hydrogens is 210 g/mol. The molecule has 0 unspecified atom stereocenters. The van der Waals surface area contributed by atoms with E-state index in [1.165, 1.54) is 7.11 Å². The van der Waals surface area contributed by atoms with Crippen molar-refractivity contribution in [2.45, 2.75) is 18.2 Å². The summed E-state index contributed by atoms with van der Waals surface area (Å²) in [5.74, 6) is -0.521. The van der Waals surface area contributed by atoms with Crippen LogP contribution in [0.25, 0.3) is 0 Å². The maximum atomic E-state index is 11.5. The summed E-state index contributed by atoms with van der Waals surface area (Å²) in [7, 11) is 1.29. The zero-order valence-electron chi connectivity index (χ0n) is 8.57. The Morgan fingerprint density at radius 2 is 2.27 bits per heavy atom. The lowest BCUT2D eigenvalue weighted by atomic mass is 10.0. The Labute approximate surface area is 94.1 Å². The van der Waals surface area contributed by atoms with E-state index in [0.717, 1.165) is 12.0 Å². The molecule has 4 heteroatoms. The number of nitrogens with zero attached hydrogens (tertiary/aromatic N) is 1. The lowest BCUT2D eigenvalue weighted by Crippen LogP contribution is -2.07. The van der Waals surface area contributed by atoms with Crippen LogP contribution >= 0.6 is 12.6 Å². The van der Waals surface area contributed by atoms with E-state index in [9.17, 15) is 4.79 Å². The minimum Gasteiger partial charge on any atom is -0.465 e. The molecule has 0 aromatic heterocycles. The number of carbonyl (C=O) groups is 1. The number of rotatable bonds is 2. The molecule has 0 aliphatic rings. The first-order valence-corrected chi connectivity index (χ1v) is 4.93. The Balaban J connectivity index is 3.44. The summed E-state index contributed by atoms with van der Waals surface area (Å²) in [6.07, 6.45) is 0.758. The van der Waals surface area contributed by atoms with Crippen molar-refractivity contribution in [1.29, 1.82) is 5.26 Å². The fourth-order valence-electron chi connectivity index (χ4n) is 1.32. The Hall–Kier alpha value is -1.47. The molecule has 0 fully saturated rings. The van der Waals surface area contributed by atoms with Gasteiger partial charge in [0.05, 0.1) is 18.2 Å². The molecular formula is C11H11NO2S. The molecule has 0 bridgehead atoms. The van der Waals surface area contributed by atoms with Crippen LogP contribution in [0, 0.1) is 11.3 Å². The highest BCUT2D eigenvalue weighted by Gasteiger charge is 2.17. The van der Waals surface area contributed by atoms with Crippen molar-refractivity contribution in [3.63, 3.8) is 0 Å². The number of ether oxygens (including phenoxy) is 1. The minimum atomic E-state index is -0.521. The van der Waals surface area contributed by atoms with Gasteiger partial charge in [-0.05, 0) is 18.1 Å². The number of hydrogen-bond acceptors (Lipinski definition) is 4. The average Bonchev–Trinajstić information content (AvgIpc) is 2.27. The first-order chi connectivity index (χ1) is 7.15. The predicted octanol–water partition coefficient (Wildman–Crippen LogP) is 2.20. The molecule has 15 heavy (non-hydrogen) atoms. The lowest BCUT2D eigenvalue weighted by molar-refractivity contribution is 0.0596. The molecule has 0 spiro atoms. The number of thiol groups is 1. The van der Waals surface area contributed by atoms with E-state index in [1.54, 1.807) is 12.1 Å². The molecule has 1 rings (SSSR count). The molecule has 0 heterocycles. The first-order valence-electron chi connectivity index (χ1n) is 4.49. The SMILES string of the molecule is CCc1ccc(C#N)c(C(=O)OC)c1S. The summed E-state index contributed by atoms with van der Waals surface area (Å²) in [4.78, 5) is 12.0. The largest absolute Gasteiger partial charge is 0.465 e. The van der Waals surface area contributed by atoms with Crippen molar-refractivity contribution in [2.24, 2.45) is 0 Å². The van der Waals surface area contributed by atoms with Gasteiger partial charge in [-0.2, -0.15) is 5.26 Å². The molecule has 0 amide bonds. The number of aryl methyl sites for hydroxylation is 1. The molecule has 0 aliphatic carbocycles. The third kappa shape index (κ3) is 2.13. The van der Waals surface area contributed by atoms with Gasteiger partial charge in [0, 0.05) is 4.90 Å². The molecule has 1 aromatic carbocycles. The fourth-order valence-corrected chi connectivity index (χ4v) is 1.77. The molecule has 78 valence electrons.